The van der Waals surface area contributed by atoms with Gasteiger partial charge in [0.15, 0.2) is 11.5 Å². The molecule has 1 atom stereocenters. The predicted octanol–water partition coefficient (Wildman–Crippen LogP) is 2.44. The number of anilines is 1. The van der Waals surface area contributed by atoms with E-state index >= 15 is 0 Å². The van der Waals surface area contributed by atoms with E-state index in [0.717, 1.165) is 5.56 Å². The lowest BCUT2D eigenvalue weighted by Crippen LogP contribution is -2.34. The molecule has 1 heterocycles. The minimum Gasteiger partial charge on any atom is -0.493 e. The summed E-state index contributed by atoms with van der Waals surface area (Å²) in [5, 5.41) is 3.12. The monoisotopic (exact) mass is 340 g/mol. The zero-order valence-electron chi connectivity index (χ0n) is 14.2. The summed E-state index contributed by atoms with van der Waals surface area (Å²) in [6.45, 7) is 0.294. The largest absolute Gasteiger partial charge is 0.493 e. The van der Waals surface area contributed by atoms with Crippen LogP contribution in [0.4, 0.5) is 5.69 Å². The Morgan fingerprint density at radius 3 is 2.44 bits per heavy atom. The van der Waals surface area contributed by atoms with Crippen LogP contribution in [0, 0.1) is 0 Å². The van der Waals surface area contributed by atoms with Crippen LogP contribution in [0.3, 0.4) is 0 Å². The van der Waals surface area contributed by atoms with Crippen molar-refractivity contribution < 1.29 is 19.1 Å². The van der Waals surface area contributed by atoms with Crippen LogP contribution in [0.5, 0.6) is 11.5 Å². The van der Waals surface area contributed by atoms with Crippen LogP contribution in [0.2, 0.25) is 0 Å². The molecular weight excluding hydrogens is 320 g/mol. The molecule has 6 heteroatoms. The summed E-state index contributed by atoms with van der Waals surface area (Å²) in [5.74, 6) is 0.772. The first-order chi connectivity index (χ1) is 12.1. The van der Waals surface area contributed by atoms with Gasteiger partial charge in [0.2, 0.25) is 5.91 Å². The van der Waals surface area contributed by atoms with E-state index in [2.05, 4.69) is 5.32 Å². The maximum absolute atomic E-state index is 12.6. The van der Waals surface area contributed by atoms with Crippen molar-refractivity contribution in [3.05, 3.63) is 54.1 Å². The van der Waals surface area contributed by atoms with Gasteiger partial charge in [-0.15, -0.1) is 0 Å². The number of methoxy groups -OCH3 is 2. The number of carbonyl (C=O) groups is 2. The van der Waals surface area contributed by atoms with Crippen LogP contribution in [0.15, 0.2) is 48.5 Å². The summed E-state index contributed by atoms with van der Waals surface area (Å²) in [7, 11) is 3.11. The molecule has 25 heavy (non-hydrogen) atoms. The summed E-state index contributed by atoms with van der Waals surface area (Å²) >= 11 is 0. The van der Waals surface area contributed by atoms with Crippen molar-refractivity contribution in [2.24, 2.45) is 0 Å². The van der Waals surface area contributed by atoms with Crippen molar-refractivity contribution in [1.29, 1.82) is 0 Å². The van der Waals surface area contributed by atoms with E-state index in [9.17, 15) is 9.59 Å². The topological polar surface area (TPSA) is 67.9 Å². The smallest absolute Gasteiger partial charge is 0.252 e. The number of nitrogens with one attached hydrogen (secondary N) is 1. The molecule has 1 saturated heterocycles. The SMILES string of the molecule is COc1ccc(N[C@H]2CC(=O)N(Cc3ccccc3)C2=O)cc1OC. The van der Waals surface area contributed by atoms with E-state index in [-0.39, 0.29) is 18.2 Å². The number of imide groups is 1. The molecule has 2 aromatic rings. The van der Waals surface area contributed by atoms with E-state index in [1.54, 1.807) is 32.4 Å². The Hall–Kier alpha value is -3.02. The van der Waals surface area contributed by atoms with Gasteiger partial charge in [-0.1, -0.05) is 30.3 Å². The summed E-state index contributed by atoms with van der Waals surface area (Å²) in [4.78, 5) is 26.1. The number of rotatable bonds is 6. The lowest BCUT2D eigenvalue weighted by atomic mass is 10.2. The third-order valence-corrected chi connectivity index (χ3v) is 4.15. The quantitative estimate of drug-likeness (QED) is 0.818. The number of likely N-dealkylation sites (tertiary alicyclic amines) is 1. The highest BCUT2D eigenvalue weighted by Gasteiger charge is 2.38. The van der Waals surface area contributed by atoms with Crippen LogP contribution >= 0.6 is 0 Å². The molecule has 0 saturated carbocycles. The molecule has 2 aromatic carbocycles. The van der Waals surface area contributed by atoms with Gasteiger partial charge in [0, 0.05) is 11.8 Å². The standard InChI is InChI=1S/C19H20N2O4/c1-24-16-9-8-14(10-17(16)25-2)20-15-11-18(22)21(19(15)23)12-13-6-4-3-5-7-13/h3-10,15,20H,11-12H2,1-2H3/t15-/m0/s1. The zero-order valence-corrected chi connectivity index (χ0v) is 14.2. The summed E-state index contributed by atoms with van der Waals surface area (Å²) < 4.78 is 10.5. The predicted molar refractivity (Wildman–Crippen MR) is 93.6 cm³/mol. The number of amides is 2. The van der Waals surface area contributed by atoms with E-state index < -0.39 is 6.04 Å². The Morgan fingerprint density at radius 2 is 1.76 bits per heavy atom. The van der Waals surface area contributed by atoms with Gasteiger partial charge in [-0.25, -0.2) is 0 Å². The van der Waals surface area contributed by atoms with Crippen molar-refractivity contribution >= 4 is 17.5 Å². The first kappa shape index (κ1) is 16.8. The Morgan fingerprint density at radius 1 is 1.04 bits per heavy atom. The molecular formula is C19H20N2O4. The zero-order chi connectivity index (χ0) is 17.8. The molecule has 0 radical (unpaired) electrons. The van der Waals surface area contributed by atoms with E-state index in [0.29, 0.717) is 23.7 Å². The van der Waals surface area contributed by atoms with Crippen LogP contribution in [0.1, 0.15) is 12.0 Å². The Balaban J connectivity index is 1.72. The second kappa shape index (κ2) is 7.25. The second-order valence-electron chi connectivity index (χ2n) is 5.77. The molecule has 1 fully saturated rings. The highest BCUT2D eigenvalue weighted by molar-refractivity contribution is 6.06. The van der Waals surface area contributed by atoms with Crippen molar-refractivity contribution in [3.8, 4) is 11.5 Å². The third-order valence-electron chi connectivity index (χ3n) is 4.15. The minimum atomic E-state index is -0.575. The fraction of sp³-hybridized carbons (Fsp3) is 0.263. The number of ether oxygens (including phenoxy) is 2. The van der Waals surface area contributed by atoms with Gasteiger partial charge in [-0.3, -0.25) is 14.5 Å². The van der Waals surface area contributed by atoms with E-state index in [1.807, 2.05) is 30.3 Å². The van der Waals surface area contributed by atoms with Crippen molar-refractivity contribution in [1.82, 2.24) is 4.90 Å². The number of hydrogen-bond acceptors (Lipinski definition) is 5. The first-order valence-electron chi connectivity index (χ1n) is 7.99. The van der Waals surface area contributed by atoms with Gasteiger partial charge >= 0.3 is 0 Å². The highest BCUT2D eigenvalue weighted by atomic mass is 16.5. The fourth-order valence-corrected chi connectivity index (χ4v) is 2.86. The van der Waals surface area contributed by atoms with E-state index in [4.69, 9.17) is 9.47 Å². The van der Waals surface area contributed by atoms with Gasteiger partial charge in [0.05, 0.1) is 27.2 Å². The molecule has 0 unspecified atom stereocenters. The molecule has 1 aliphatic rings. The molecule has 2 amide bonds. The van der Waals surface area contributed by atoms with Crippen LogP contribution in [0.25, 0.3) is 0 Å². The molecule has 130 valence electrons. The highest BCUT2D eigenvalue weighted by Crippen LogP contribution is 2.31. The van der Waals surface area contributed by atoms with E-state index in [1.165, 1.54) is 4.90 Å². The third kappa shape index (κ3) is 3.57. The molecule has 0 bridgehead atoms. The number of nitrogens with zero attached hydrogens (tertiary/aromatic N) is 1. The molecule has 0 aliphatic carbocycles. The average molecular weight is 340 g/mol. The lowest BCUT2D eigenvalue weighted by molar-refractivity contribution is -0.139. The van der Waals surface area contributed by atoms with Crippen molar-refractivity contribution in [3.63, 3.8) is 0 Å². The Kier molecular flexibility index (Phi) is 4.88. The fourth-order valence-electron chi connectivity index (χ4n) is 2.86. The molecule has 0 spiro atoms. The first-order valence-corrected chi connectivity index (χ1v) is 7.99. The van der Waals surface area contributed by atoms with Crippen LogP contribution < -0.4 is 14.8 Å². The second-order valence-corrected chi connectivity index (χ2v) is 5.77. The number of hydrogen-bond donors (Lipinski definition) is 1. The van der Waals surface area contributed by atoms with Crippen molar-refractivity contribution in [2.45, 2.75) is 19.0 Å². The lowest BCUT2D eigenvalue weighted by Gasteiger charge is -2.17. The Bertz CT molecular complexity index is 776. The minimum absolute atomic E-state index is 0.139. The van der Waals surface area contributed by atoms with Gasteiger partial charge in [-0.2, -0.15) is 0 Å². The average Bonchev–Trinajstić information content (AvgIpc) is 2.90. The summed E-state index contributed by atoms with van der Waals surface area (Å²) in [5.41, 5.74) is 1.63. The molecule has 0 aromatic heterocycles. The summed E-state index contributed by atoms with van der Waals surface area (Å²) in [6.07, 6.45) is 0.139. The maximum Gasteiger partial charge on any atom is 0.252 e. The normalized spacial score (nSPS) is 16.9. The van der Waals surface area contributed by atoms with Crippen LogP contribution in [-0.4, -0.2) is 37.0 Å². The molecule has 1 N–H and O–H groups in total. The van der Waals surface area contributed by atoms with Gasteiger partial charge < -0.3 is 14.8 Å². The van der Waals surface area contributed by atoms with Gasteiger partial charge in [-0.05, 0) is 17.7 Å². The van der Waals surface area contributed by atoms with Gasteiger partial charge in [0.1, 0.15) is 6.04 Å². The molecule has 1 aliphatic heterocycles. The van der Waals surface area contributed by atoms with Crippen molar-refractivity contribution in [2.75, 3.05) is 19.5 Å². The number of carbonyl (C=O) groups excluding carboxylic acids is 2. The molecule has 6 nitrogen and oxygen atoms in total. The molecule has 3 rings (SSSR count). The Labute approximate surface area is 146 Å². The van der Waals surface area contributed by atoms with Gasteiger partial charge in [0.25, 0.3) is 5.91 Å². The number of benzene rings is 2. The summed E-state index contributed by atoms with van der Waals surface area (Å²) in [6, 6.07) is 14.2. The maximum atomic E-state index is 12.6. The van der Waals surface area contributed by atoms with Crippen LogP contribution in [-0.2, 0) is 16.1 Å².